The SMILES string of the molecule is CN(c1ccc(F)cc1)S(=O)(=O)Cc1ccccc1CN. The fraction of sp³-hybridized carbons (Fsp3) is 0.200. The zero-order valence-electron chi connectivity index (χ0n) is 11.7. The number of hydrogen-bond acceptors (Lipinski definition) is 3. The molecule has 0 fully saturated rings. The Hall–Kier alpha value is -1.92. The third-order valence-corrected chi connectivity index (χ3v) is 5.00. The molecule has 0 aliphatic rings. The Kier molecular flexibility index (Phi) is 4.59. The van der Waals surface area contributed by atoms with Crippen molar-refractivity contribution in [3.05, 3.63) is 65.5 Å². The van der Waals surface area contributed by atoms with Crippen molar-refractivity contribution < 1.29 is 12.8 Å². The maximum Gasteiger partial charge on any atom is 0.239 e. The summed E-state index contributed by atoms with van der Waals surface area (Å²) in [7, 11) is -2.10. The second-order valence-corrected chi connectivity index (χ2v) is 6.67. The van der Waals surface area contributed by atoms with E-state index in [9.17, 15) is 12.8 Å². The van der Waals surface area contributed by atoms with Gasteiger partial charge in [0, 0.05) is 13.6 Å². The fourth-order valence-electron chi connectivity index (χ4n) is 2.00. The van der Waals surface area contributed by atoms with E-state index in [0.717, 1.165) is 9.87 Å². The summed E-state index contributed by atoms with van der Waals surface area (Å²) in [6.45, 7) is 0.284. The van der Waals surface area contributed by atoms with Crippen LogP contribution >= 0.6 is 0 Å². The molecule has 0 saturated heterocycles. The third-order valence-electron chi connectivity index (χ3n) is 3.28. The van der Waals surface area contributed by atoms with Crippen molar-refractivity contribution in [3.8, 4) is 0 Å². The van der Waals surface area contributed by atoms with Crippen LogP contribution in [-0.2, 0) is 22.3 Å². The van der Waals surface area contributed by atoms with E-state index in [1.807, 2.05) is 12.1 Å². The molecule has 0 saturated carbocycles. The molecular formula is C15H17FN2O2S. The monoisotopic (exact) mass is 308 g/mol. The maximum absolute atomic E-state index is 12.9. The normalized spacial score (nSPS) is 11.4. The van der Waals surface area contributed by atoms with Gasteiger partial charge in [0.05, 0.1) is 11.4 Å². The number of sulfonamides is 1. The molecule has 2 rings (SSSR count). The summed E-state index contributed by atoms with van der Waals surface area (Å²) in [5.41, 5.74) is 7.52. The average molecular weight is 308 g/mol. The van der Waals surface area contributed by atoms with E-state index >= 15 is 0 Å². The van der Waals surface area contributed by atoms with Crippen LogP contribution in [0.3, 0.4) is 0 Å². The number of anilines is 1. The summed E-state index contributed by atoms with van der Waals surface area (Å²) < 4.78 is 39.0. The minimum atomic E-state index is -3.56. The van der Waals surface area contributed by atoms with Crippen LogP contribution in [-0.4, -0.2) is 15.5 Å². The summed E-state index contributed by atoms with van der Waals surface area (Å²) in [5, 5.41) is 0. The van der Waals surface area contributed by atoms with Crippen LogP contribution < -0.4 is 10.0 Å². The number of hydrogen-bond donors (Lipinski definition) is 1. The predicted octanol–water partition coefficient (Wildman–Crippen LogP) is 2.25. The van der Waals surface area contributed by atoms with Crippen LogP contribution in [0.4, 0.5) is 10.1 Å². The summed E-state index contributed by atoms with van der Waals surface area (Å²) in [6.07, 6.45) is 0. The molecule has 4 nitrogen and oxygen atoms in total. The zero-order valence-corrected chi connectivity index (χ0v) is 12.5. The molecule has 0 aliphatic carbocycles. The van der Waals surface area contributed by atoms with Gasteiger partial charge in [0.25, 0.3) is 0 Å². The highest BCUT2D eigenvalue weighted by atomic mass is 32.2. The lowest BCUT2D eigenvalue weighted by molar-refractivity contribution is 0.593. The Labute approximate surface area is 124 Å². The lowest BCUT2D eigenvalue weighted by atomic mass is 10.1. The standard InChI is InChI=1S/C15H17FN2O2S/c1-18(15-8-6-14(16)7-9-15)21(19,20)11-13-5-3-2-4-12(13)10-17/h2-9H,10-11,17H2,1H3. The first-order valence-corrected chi connectivity index (χ1v) is 8.04. The molecule has 0 heterocycles. The van der Waals surface area contributed by atoms with E-state index < -0.39 is 15.8 Å². The predicted molar refractivity (Wildman–Crippen MR) is 81.8 cm³/mol. The molecule has 0 atom stereocenters. The maximum atomic E-state index is 12.9. The Morgan fingerprint density at radius 2 is 1.62 bits per heavy atom. The first kappa shape index (κ1) is 15.5. The van der Waals surface area contributed by atoms with Crippen molar-refractivity contribution in [2.45, 2.75) is 12.3 Å². The number of nitrogens with two attached hydrogens (primary N) is 1. The molecule has 112 valence electrons. The van der Waals surface area contributed by atoms with Gasteiger partial charge in [0.15, 0.2) is 0 Å². The second-order valence-electron chi connectivity index (χ2n) is 4.67. The van der Waals surface area contributed by atoms with E-state index in [1.165, 1.54) is 31.3 Å². The van der Waals surface area contributed by atoms with Crippen molar-refractivity contribution >= 4 is 15.7 Å². The van der Waals surface area contributed by atoms with E-state index in [2.05, 4.69) is 0 Å². The summed E-state index contributed by atoms with van der Waals surface area (Å²) in [5.74, 6) is -0.549. The topological polar surface area (TPSA) is 63.4 Å². The Bertz CT molecular complexity index is 715. The number of halogens is 1. The quantitative estimate of drug-likeness (QED) is 0.921. The second kappa shape index (κ2) is 6.24. The average Bonchev–Trinajstić information content (AvgIpc) is 2.47. The number of rotatable bonds is 5. The van der Waals surface area contributed by atoms with Gasteiger partial charge in [-0.2, -0.15) is 0 Å². The van der Waals surface area contributed by atoms with Crippen LogP contribution in [0.25, 0.3) is 0 Å². The molecule has 0 aromatic heterocycles. The van der Waals surface area contributed by atoms with Gasteiger partial charge < -0.3 is 5.73 Å². The van der Waals surface area contributed by atoms with Gasteiger partial charge in [0.2, 0.25) is 10.0 Å². The van der Waals surface area contributed by atoms with Crippen molar-refractivity contribution in [3.63, 3.8) is 0 Å². The first-order valence-electron chi connectivity index (χ1n) is 6.43. The smallest absolute Gasteiger partial charge is 0.239 e. The molecule has 0 spiro atoms. The van der Waals surface area contributed by atoms with E-state index in [4.69, 9.17) is 5.73 Å². The Balaban J connectivity index is 2.27. The van der Waals surface area contributed by atoms with Crippen LogP contribution in [0.2, 0.25) is 0 Å². The van der Waals surface area contributed by atoms with Crippen molar-refractivity contribution in [1.82, 2.24) is 0 Å². The van der Waals surface area contributed by atoms with E-state index in [-0.39, 0.29) is 12.3 Å². The first-order chi connectivity index (χ1) is 9.94. The highest BCUT2D eigenvalue weighted by molar-refractivity contribution is 7.92. The van der Waals surface area contributed by atoms with Gasteiger partial charge in [-0.1, -0.05) is 24.3 Å². The van der Waals surface area contributed by atoms with Crippen LogP contribution in [0, 0.1) is 5.82 Å². The highest BCUT2D eigenvalue weighted by Gasteiger charge is 2.20. The molecular weight excluding hydrogens is 291 g/mol. The van der Waals surface area contributed by atoms with Gasteiger partial charge in [-0.25, -0.2) is 12.8 Å². The highest BCUT2D eigenvalue weighted by Crippen LogP contribution is 2.20. The molecule has 2 N–H and O–H groups in total. The van der Waals surface area contributed by atoms with Gasteiger partial charge in [-0.15, -0.1) is 0 Å². The minimum absolute atomic E-state index is 0.145. The number of benzene rings is 2. The van der Waals surface area contributed by atoms with E-state index in [0.29, 0.717) is 11.3 Å². The molecule has 2 aromatic rings. The molecule has 0 radical (unpaired) electrons. The molecule has 0 unspecified atom stereocenters. The molecule has 0 amide bonds. The molecule has 2 aromatic carbocycles. The zero-order chi connectivity index (χ0) is 15.5. The Morgan fingerprint density at radius 3 is 2.19 bits per heavy atom. The molecule has 0 aliphatic heterocycles. The van der Waals surface area contributed by atoms with Crippen molar-refractivity contribution in [2.24, 2.45) is 5.73 Å². The van der Waals surface area contributed by atoms with Gasteiger partial charge in [-0.05, 0) is 35.4 Å². The van der Waals surface area contributed by atoms with Gasteiger partial charge in [0.1, 0.15) is 5.82 Å². The van der Waals surface area contributed by atoms with Gasteiger partial charge >= 0.3 is 0 Å². The van der Waals surface area contributed by atoms with E-state index in [1.54, 1.807) is 12.1 Å². The van der Waals surface area contributed by atoms with Gasteiger partial charge in [-0.3, -0.25) is 4.31 Å². The number of nitrogens with zero attached hydrogens (tertiary/aromatic N) is 1. The van der Waals surface area contributed by atoms with Crippen molar-refractivity contribution in [2.75, 3.05) is 11.4 Å². The minimum Gasteiger partial charge on any atom is -0.326 e. The lowest BCUT2D eigenvalue weighted by Gasteiger charge is -2.20. The molecule has 0 bridgehead atoms. The van der Waals surface area contributed by atoms with Crippen LogP contribution in [0.1, 0.15) is 11.1 Å². The fourth-order valence-corrected chi connectivity index (χ4v) is 3.31. The lowest BCUT2D eigenvalue weighted by Crippen LogP contribution is -2.28. The van der Waals surface area contributed by atoms with Crippen molar-refractivity contribution in [1.29, 1.82) is 0 Å². The van der Waals surface area contributed by atoms with Crippen LogP contribution in [0.15, 0.2) is 48.5 Å². The van der Waals surface area contributed by atoms with Crippen LogP contribution in [0.5, 0.6) is 0 Å². The largest absolute Gasteiger partial charge is 0.326 e. The summed E-state index contributed by atoms with van der Waals surface area (Å²) in [4.78, 5) is 0. The summed E-state index contributed by atoms with van der Waals surface area (Å²) in [6, 6.07) is 12.5. The third kappa shape index (κ3) is 3.59. The summed E-state index contributed by atoms with van der Waals surface area (Å²) >= 11 is 0. The Morgan fingerprint density at radius 1 is 1.05 bits per heavy atom. The molecule has 6 heteroatoms. The molecule has 21 heavy (non-hydrogen) atoms.